The molecule has 0 aliphatic heterocycles. The summed E-state index contributed by atoms with van der Waals surface area (Å²) in [5.74, 6) is -0.745. The molecule has 3 N–H and O–H groups in total. The lowest BCUT2D eigenvalue weighted by molar-refractivity contribution is 0.559. The van der Waals surface area contributed by atoms with Crippen LogP contribution in [0.4, 0.5) is 10.1 Å². The maximum Gasteiger partial charge on any atom is 0.242 e. The molecule has 0 spiro atoms. The zero-order valence-electron chi connectivity index (χ0n) is 11.1. The first-order valence-electron chi connectivity index (χ1n) is 6.07. The highest BCUT2D eigenvalue weighted by Crippen LogP contribution is 2.26. The van der Waals surface area contributed by atoms with Crippen molar-refractivity contribution in [1.29, 1.82) is 0 Å². The van der Waals surface area contributed by atoms with Gasteiger partial charge in [-0.05, 0) is 47.9 Å². The predicted octanol–water partition coefficient (Wildman–Crippen LogP) is 3.03. The minimum atomic E-state index is -3.86. The zero-order valence-corrected chi connectivity index (χ0v) is 13.5. The number of nitrogens with two attached hydrogens (primary N) is 1. The van der Waals surface area contributed by atoms with Gasteiger partial charge in [0, 0.05) is 6.04 Å². The summed E-state index contributed by atoms with van der Waals surface area (Å²) < 4.78 is 40.3. The molecule has 0 amide bonds. The quantitative estimate of drug-likeness (QED) is 0.816. The largest absolute Gasteiger partial charge is 0.396 e. The minimum Gasteiger partial charge on any atom is -0.396 e. The summed E-state index contributed by atoms with van der Waals surface area (Å²) in [4.78, 5) is -0.222. The number of anilines is 1. The second-order valence-electron chi connectivity index (χ2n) is 4.66. The van der Waals surface area contributed by atoms with Gasteiger partial charge in [-0.3, -0.25) is 0 Å². The standard InChI is InChI=1S/C13H14ClFN2O2S2/c1-8(4-9-2-3-20-7-9)17-21(18,19)13-6-12(16)11(15)5-10(13)14/h2-3,5-8,17H,4,16H2,1H3. The molecule has 1 aromatic carbocycles. The molecule has 0 aliphatic carbocycles. The first-order valence-corrected chi connectivity index (χ1v) is 8.88. The van der Waals surface area contributed by atoms with Crippen molar-refractivity contribution in [3.8, 4) is 0 Å². The Morgan fingerprint density at radius 1 is 1.48 bits per heavy atom. The molecule has 21 heavy (non-hydrogen) atoms. The highest BCUT2D eigenvalue weighted by Gasteiger charge is 2.22. The topological polar surface area (TPSA) is 72.2 Å². The lowest BCUT2D eigenvalue weighted by Crippen LogP contribution is -2.34. The highest BCUT2D eigenvalue weighted by atomic mass is 35.5. The van der Waals surface area contributed by atoms with Crippen LogP contribution < -0.4 is 10.5 Å². The first kappa shape index (κ1) is 16.2. The van der Waals surface area contributed by atoms with E-state index in [0.29, 0.717) is 6.42 Å². The molecule has 0 bridgehead atoms. The molecular formula is C13H14ClFN2O2S2. The summed E-state index contributed by atoms with van der Waals surface area (Å²) in [5.41, 5.74) is 6.18. The van der Waals surface area contributed by atoms with Crippen LogP contribution >= 0.6 is 22.9 Å². The number of nitrogen functional groups attached to an aromatic ring is 1. The normalized spacial score (nSPS) is 13.3. The number of sulfonamides is 1. The molecule has 114 valence electrons. The van der Waals surface area contributed by atoms with Gasteiger partial charge in [0.25, 0.3) is 0 Å². The number of nitrogens with one attached hydrogen (secondary N) is 1. The van der Waals surface area contributed by atoms with Gasteiger partial charge in [-0.25, -0.2) is 17.5 Å². The highest BCUT2D eigenvalue weighted by molar-refractivity contribution is 7.89. The Morgan fingerprint density at radius 2 is 2.19 bits per heavy atom. The van der Waals surface area contributed by atoms with Gasteiger partial charge in [0.15, 0.2) is 0 Å². The zero-order chi connectivity index (χ0) is 15.6. The average Bonchev–Trinajstić information content (AvgIpc) is 2.85. The van der Waals surface area contributed by atoms with E-state index in [9.17, 15) is 12.8 Å². The Hall–Kier alpha value is -1.15. The summed E-state index contributed by atoms with van der Waals surface area (Å²) in [5, 5.41) is 3.68. The second-order valence-corrected chi connectivity index (χ2v) is 7.53. The fourth-order valence-electron chi connectivity index (χ4n) is 1.88. The number of hydrogen-bond donors (Lipinski definition) is 2. The number of halogens is 2. The van der Waals surface area contributed by atoms with Crippen LogP contribution in [0.2, 0.25) is 5.02 Å². The van der Waals surface area contributed by atoms with Crippen LogP contribution in [0.15, 0.2) is 33.9 Å². The number of thiophene rings is 1. The molecule has 1 aromatic heterocycles. The van der Waals surface area contributed by atoms with E-state index in [1.807, 2.05) is 16.8 Å². The van der Waals surface area contributed by atoms with Crippen molar-refractivity contribution in [2.24, 2.45) is 0 Å². The molecule has 2 rings (SSSR count). The van der Waals surface area contributed by atoms with Crippen molar-refractivity contribution in [2.75, 3.05) is 5.73 Å². The molecule has 0 radical (unpaired) electrons. The lowest BCUT2D eigenvalue weighted by atomic mass is 10.1. The van der Waals surface area contributed by atoms with E-state index in [4.69, 9.17) is 17.3 Å². The van der Waals surface area contributed by atoms with E-state index < -0.39 is 15.8 Å². The molecule has 0 saturated heterocycles. The van der Waals surface area contributed by atoms with Crippen molar-refractivity contribution in [3.63, 3.8) is 0 Å². The van der Waals surface area contributed by atoms with Gasteiger partial charge in [0.1, 0.15) is 10.7 Å². The maximum absolute atomic E-state index is 13.2. The van der Waals surface area contributed by atoms with Crippen LogP contribution in [-0.2, 0) is 16.4 Å². The van der Waals surface area contributed by atoms with Crippen molar-refractivity contribution < 1.29 is 12.8 Å². The third-order valence-corrected chi connectivity index (χ3v) is 5.61. The van der Waals surface area contributed by atoms with Crippen molar-refractivity contribution in [2.45, 2.75) is 24.3 Å². The van der Waals surface area contributed by atoms with Gasteiger partial charge in [0.2, 0.25) is 10.0 Å². The van der Waals surface area contributed by atoms with Gasteiger partial charge in [0.05, 0.1) is 10.7 Å². The number of benzene rings is 1. The van der Waals surface area contributed by atoms with Crippen LogP contribution in [-0.4, -0.2) is 14.5 Å². The molecular weight excluding hydrogens is 335 g/mol. The van der Waals surface area contributed by atoms with Gasteiger partial charge >= 0.3 is 0 Å². The van der Waals surface area contributed by atoms with Crippen LogP contribution in [0.5, 0.6) is 0 Å². The van der Waals surface area contributed by atoms with Gasteiger partial charge in [-0.2, -0.15) is 11.3 Å². The Labute approximate surface area is 131 Å². The minimum absolute atomic E-state index is 0.197. The van der Waals surface area contributed by atoms with E-state index in [1.165, 1.54) is 0 Å². The first-order chi connectivity index (χ1) is 9.79. The maximum atomic E-state index is 13.2. The van der Waals surface area contributed by atoms with Crippen LogP contribution in [0.1, 0.15) is 12.5 Å². The third kappa shape index (κ3) is 3.94. The smallest absolute Gasteiger partial charge is 0.242 e. The van der Waals surface area contributed by atoms with E-state index in [2.05, 4.69) is 4.72 Å². The monoisotopic (exact) mass is 348 g/mol. The summed E-state index contributed by atoms with van der Waals surface area (Å²) in [6.45, 7) is 1.75. The molecule has 0 fully saturated rings. The molecule has 1 heterocycles. The Kier molecular flexibility index (Phi) is 4.88. The van der Waals surface area contributed by atoms with Crippen molar-refractivity contribution in [3.05, 3.63) is 45.4 Å². The Bertz CT molecular complexity index is 733. The molecule has 8 heteroatoms. The molecule has 1 atom stereocenters. The van der Waals surface area contributed by atoms with Gasteiger partial charge in [-0.1, -0.05) is 11.6 Å². The fraction of sp³-hybridized carbons (Fsp3) is 0.231. The van der Waals surface area contributed by atoms with Crippen LogP contribution in [0.25, 0.3) is 0 Å². The SMILES string of the molecule is CC(Cc1ccsc1)NS(=O)(=O)c1cc(N)c(F)cc1Cl. The molecule has 2 aromatic rings. The summed E-state index contributed by atoms with van der Waals surface area (Å²) >= 11 is 7.34. The molecule has 0 aliphatic rings. The molecule has 4 nitrogen and oxygen atoms in total. The van der Waals surface area contributed by atoms with Crippen molar-refractivity contribution in [1.82, 2.24) is 4.72 Å². The van der Waals surface area contributed by atoms with E-state index >= 15 is 0 Å². The summed E-state index contributed by atoms with van der Waals surface area (Å²) in [7, 11) is -3.86. The number of rotatable bonds is 5. The third-order valence-electron chi connectivity index (χ3n) is 2.82. The van der Waals surface area contributed by atoms with Gasteiger partial charge in [-0.15, -0.1) is 0 Å². The number of hydrogen-bond acceptors (Lipinski definition) is 4. The van der Waals surface area contributed by atoms with Crippen molar-refractivity contribution >= 4 is 38.6 Å². The van der Waals surface area contributed by atoms with E-state index in [0.717, 1.165) is 17.7 Å². The molecule has 1 unspecified atom stereocenters. The Balaban J connectivity index is 2.20. The second kappa shape index (κ2) is 6.31. The predicted molar refractivity (Wildman–Crippen MR) is 83.6 cm³/mol. The fourth-order valence-corrected chi connectivity index (χ4v) is 4.36. The Morgan fingerprint density at radius 3 is 2.81 bits per heavy atom. The summed E-state index contributed by atoms with van der Waals surface area (Å²) in [6, 6.07) is 3.52. The lowest BCUT2D eigenvalue weighted by Gasteiger charge is -2.15. The van der Waals surface area contributed by atoms with Crippen LogP contribution in [0, 0.1) is 5.82 Å². The van der Waals surface area contributed by atoms with E-state index in [1.54, 1.807) is 18.3 Å². The van der Waals surface area contributed by atoms with Gasteiger partial charge < -0.3 is 5.73 Å². The van der Waals surface area contributed by atoms with Crippen LogP contribution in [0.3, 0.4) is 0 Å². The molecule has 0 saturated carbocycles. The van der Waals surface area contributed by atoms with E-state index in [-0.39, 0.29) is 21.6 Å². The summed E-state index contributed by atoms with van der Waals surface area (Å²) in [6.07, 6.45) is 0.553. The average molecular weight is 349 g/mol.